The Kier molecular flexibility index (Phi) is 5.78. The molecule has 2 aliphatic carbocycles. The number of amides is 1. The fourth-order valence-electron chi connectivity index (χ4n) is 3.94. The Balaban J connectivity index is 1.48. The zero-order valence-electron chi connectivity index (χ0n) is 16.4. The molecule has 2 aromatic heterocycles. The lowest BCUT2D eigenvalue weighted by atomic mass is 9.88. The van der Waals surface area contributed by atoms with Crippen molar-refractivity contribution in [2.24, 2.45) is 5.92 Å². The molecule has 154 valence electrons. The molecule has 29 heavy (non-hydrogen) atoms. The SMILES string of the molecule is COC(=O)c1c(NC(=O)CSc2nc3c(c(=O)[nH]2)CCC3)sc2c1CC[C@@H](C)C2. The number of hydrogen-bond acceptors (Lipinski definition) is 7. The standard InChI is InChI=1S/C20H23N3O4S2/c1-10-6-7-12-14(8-10)29-18(16(12)19(26)27-2)22-15(24)9-28-20-21-13-5-3-4-11(13)17(25)23-20/h10H,3-9H2,1-2H3,(H,22,24)(H,21,23,25)/t10-/m1/s1. The monoisotopic (exact) mass is 433 g/mol. The Morgan fingerprint density at radius 2 is 2.14 bits per heavy atom. The summed E-state index contributed by atoms with van der Waals surface area (Å²) in [6.45, 7) is 2.19. The van der Waals surface area contributed by atoms with E-state index in [4.69, 9.17) is 4.74 Å². The summed E-state index contributed by atoms with van der Waals surface area (Å²) in [5.74, 6) is 0.00874. The number of aromatic amines is 1. The molecule has 2 aliphatic rings. The normalized spacial score (nSPS) is 17.5. The van der Waals surface area contributed by atoms with E-state index >= 15 is 0 Å². The van der Waals surface area contributed by atoms with Gasteiger partial charge in [0.2, 0.25) is 5.91 Å². The summed E-state index contributed by atoms with van der Waals surface area (Å²) >= 11 is 2.66. The highest BCUT2D eigenvalue weighted by Crippen LogP contribution is 2.40. The van der Waals surface area contributed by atoms with Crippen LogP contribution in [0.5, 0.6) is 0 Å². The average molecular weight is 434 g/mol. The molecule has 1 atom stereocenters. The largest absolute Gasteiger partial charge is 0.465 e. The fraction of sp³-hybridized carbons (Fsp3) is 0.500. The van der Waals surface area contributed by atoms with Crippen LogP contribution in [-0.4, -0.2) is 34.7 Å². The van der Waals surface area contributed by atoms with Crippen molar-refractivity contribution in [1.29, 1.82) is 0 Å². The van der Waals surface area contributed by atoms with Gasteiger partial charge >= 0.3 is 5.97 Å². The number of nitrogens with one attached hydrogen (secondary N) is 2. The van der Waals surface area contributed by atoms with Crippen LogP contribution in [0.15, 0.2) is 9.95 Å². The van der Waals surface area contributed by atoms with Gasteiger partial charge in [-0.15, -0.1) is 11.3 Å². The molecule has 0 saturated carbocycles. The summed E-state index contributed by atoms with van der Waals surface area (Å²) in [6.07, 6.45) is 5.27. The van der Waals surface area contributed by atoms with E-state index in [0.717, 1.165) is 60.2 Å². The van der Waals surface area contributed by atoms with Crippen molar-refractivity contribution in [3.63, 3.8) is 0 Å². The summed E-state index contributed by atoms with van der Waals surface area (Å²) < 4.78 is 4.96. The summed E-state index contributed by atoms with van der Waals surface area (Å²) in [7, 11) is 1.36. The molecule has 2 N–H and O–H groups in total. The van der Waals surface area contributed by atoms with E-state index in [9.17, 15) is 14.4 Å². The second-order valence-corrected chi connectivity index (χ2v) is 9.60. The maximum Gasteiger partial charge on any atom is 0.341 e. The van der Waals surface area contributed by atoms with Gasteiger partial charge in [0.15, 0.2) is 5.16 Å². The quantitative estimate of drug-likeness (QED) is 0.427. The van der Waals surface area contributed by atoms with Crippen molar-refractivity contribution in [2.75, 3.05) is 18.2 Å². The minimum absolute atomic E-state index is 0.0985. The molecule has 4 rings (SSSR count). The number of ether oxygens (including phenoxy) is 1. The number of thiophene rings is 1. The zero-order valence-corrected chi connectivity index (χ0v) is 18.1. The van der Waals surface area contributed by atoms with E-state index in [-0.39, 0.29) is 17.2 Å². The molecule has 0 radical (unpaired) electrons. The van der Waals surface area contributed by atoms with Crippen LogP contribution in [0, 0.1) is 5.92 Å². The van der Waals surface area contributed by atoms with Gasteiger partial charge in [-0.3, -0.25) is 9.59 Å². The van der Waals surface area contributed by atoms with Gasteiger partial charge in [-0.25, -0.2) is 9.78 Å². The average Bonchev–Trinajstić information content (AvgIpc) is 3.30. The van der Waals surface area contributed by atoms with Crippen molar-refractivity contribution in [2.45, 2.75) is 50.6 Å². The van der Waals surface area contributed by atoms with Gasteiger partial charge in [-0.05, 0) is 50.0 Å². The minimum atomic E-state index is -0.412. The van der Waals surface area contributed by atoms with Crippen molar-refractivity contribution in [3.05, 3.63) is 37.6 Å². The van der Waals surface area contributed by atoms with E-state index in [1.165, 1.54) is 30.2 Å². The molecule has 2 aromatic rings. The topological polar surface area (TPSA) is 101 Å². The fourth-order valence-corrected chi connectivity index (χ4v) is 6.04. The van der Waals surface area contributed by atoms with Crippen LogP contribution in [0.1, 0.15) is 51.8 Å². The van der Waals surface area contributed by atoms with Crippen LogP contribution in [0.3, 0.4) is 0 Å². The lowest BCUT2D eigenvalue weighted by molar-refractivity contribution is -0.113. The Morgan fingerprint density at radius 1 is 1.31 bits per heavy atom. The number of carbonyl (C=O) groups excluding carboxylic acids is 2. The van der Waals surface area contributed by atoms with Gasteiger partial charge < -0.3 is 15.0 Å². The van der Waals surface area contributed by atoms with E-state index in [0.29, 0.717) is 21.6 Å². The number of hydrogen-bond donors (Lipinski definition) is 2. The number of methoxy groups -OCH3 is 1. The van der Waals surface area contributed by atoms with E-state index in [1.54, 1.807) is 0 Å². The number of nitrogens with zero attached hydrogens (tertiary/aromatic N) is 1. The molecule has 9 heteroatoms. The number of carbonyl (C=O) groups is 2. The van der Waals surface area contributed by atoms with Crippen molar-refractivity contribution in [3.8, 4) is 0 Å². The van der Waals surface area contributed by atoms with E-state index < -0.39 is 5.97 Å². The number of aromatic nitrogens is 2. The molecule has 0 saturated heterocycles. The third kappa shape index (κ3) is 4.11. The molecule has 0 unspecified atom stereocenters. The Morgan fingerprint density at radius 3 is 2.93 bits per heavy atom. The van der Waals surface area contributed by atoms with Crippen LogP contribution >= 0.6 is 23.1 Å². The van der Waals surface area contributed by atoms with Gasteiger partial charge in [0.25, 0.3) is 5.56 Å². The summed E-state index contributed by atoms with van der Waals surface area (Å²) in [4.78, 5) is 45.4. The molecule has 0 aliphatic heterocycles. The maximum atomic E-state index is 12.5. The molecule has 0 fully saturated rings. The number of H-pyrrole nitrogens is 1. The number of aryl methyl sites for hydroxylation is 1. The Bertz CT molecular complexity index is 1030. The highest BCUT2D eigenvalue weighted by molar-refractivity contribution is 7.99. The zero-order chi connectivity index (χ0) is 20.5. The smallest absolute Gasteiger partial charge is 0.341 e. The van der Waals surface area contributed by atoms with Crippen LogP contribution in [0.2, 0.25) is 0 Å². The number of rotatable bonds is 5. The third-order valence-electron chi connectivity index (χ3n) is 5.41. The predicted octanol–water partition coefficient (Wildman–Crippen LogP) is 2.96. The number of thioether (sulfide) groups is 1. The molecule has 7 nitrogen and oxygen atoms in total. The van der Waals surface area contributed by atoms with Gasteiger partial charge in [-0.2, -0.15) is 0 Å². The molecule has 0 aromatic carbocycles. The first-order chi connectivity index (χ1) is 14.0. The lowest BCUT2D eigenvalue weighted by Gasteiger charge is -2.18. The Labute approximate surface area is 176 Å². The summed E-state index contributed by atoms with van der Waals surface area (Å²) in [5, 5.41) is 3.88. The predicted molar refractivity (Wildman–Crippen MR) is 113 cm³/mol. The van der Waals surface area contributed by atoms with Gasteiger partial charge in [0, 0.05) is 10.4 Å². The molecular weight excluding hydrogens is 410 g/mol. The van der Waals surface area contributed by atoms with Gasteiger partial charge in [0.05, 0.1) is 24.1 Å². The highest BCUT2D eigenvalue weighted by atomic mass is 32.2. The summed E-state index contributed by atoms with van der Waals surface area (Å²) in [6, 6.07) is 0. The molecule has 1 amide bonds. The second-order valence-electron chi connectivity index (χ2n) is 7.53. The highest BCUT2D eigenvalue weighted by Gasteiger charge is 2.29. The van der Waals surface area contributed by atoms with Crippen molar-refractivity contribution >= 4 is 40.0 Å². The van der Waals surface area contributed by atoms with Crippen LogP contribution in [0.4, 0.5) is 5.00 Å². The van der Waals surface area contributed by atoms with Crippen LogP contribution < -0.4 is 10.9 Å². The van der Waals surface area contributed by atoms with Gasteiger partial charge in [-0.1, -0.05) is 18.7 Å². The van der Waals surface area contributed by atoms with Crippen molar-refractivity contribution in [1.82, 2.24) is 9.97 Å². The first kappa shape index (κ1) is 20.2. The first-order valence-corrected chi connectivity index (χ1v) is 11.5. The molecule has 2 heterocycles. The van der Waals surface area contributed by atoms with Gasteiger partial charge in [0.1, 0.15) is 5.00 Å². The van der Waals surface area contributed by atoms with Crippen LogP contribution in [-0.2, 0) is 35.2 Å². The van der Waals surface area contributed by atoms with E-state index in [1.807, 2.05) is 0 Å². The molecule has 0 bridgehead atoms. The number of esters is 1. The van der Waals surface area contributed by atoms with Crippen LogP contribution in [0.25, 0.3) is 0 Å². The third-order valence-corrected chi connectivity index (χ3v) is 7.46. The molecular formula is C20H23N3O4S2. The number of anilines is 1. The van der Waals surface area contributed by atoms with Crippen molar-refractivity contribution < 1.29 is 14.3 Å². The first-order valence-electron chi connectivity index (χ1n) is 9.73. The second kappa shape index (κ2) is 8.31. The summed E-state index contributed by atoms with van der Waals surface area (Å²) in [5.41, 5.74) is 2.99. The molecule has 0 spiro atoms. The minimum Gasteiger partial charge on any atom is -0.465 e. The maximum absolute atomic E-state index is 12.5. The Hall–Kier alpha value is -2.13. The number of fused-ring (bicyclic) bond motifs is 2. The lowest BCUT2D eigenvalue weighted by Crippen LogP contribution is -2.18. The van der Waals surface area contributed by atoms with E-state index in [2.05, 4.69) is 22.2 Å².